The standard InChI is InChI=1S/C14H21N5O/c1-5-15-13-12(9(2)3)14(18-8-17-13)16-7-11-6-10(4)19-20-11/h6,8-9H,5,7H2,1-4H3,(H2,15,16,17,18). The second-order valence-electron chi connectivity index (χ2n) is 4.96. The first-order chi connectivity index (χ1) is 9.61. The Hall–Kier alpha value is -2.11. The molecule has 2 rings (SSSR count). The van der Waals surface area contributed by atoms with E-state index < -0.39 is 0 Å². The van der Waals surface area contributed by atoms with Crippen molar-refractivity contribution in [1.82, 2.24) is 15.1 Å². The summed E-state index contributed by atoms with van der Waals surface area (Å²) >= 11 is 0. The van der Waals surface area contributed by atoms with Crippen LogP contribution in [-0.4, -0.2) is 21.7 Å². The molecule has 0 saturated carbocycles. The molecule has 2 aromatic heterocycles. The molecule has 0 atom stereocenters. The third-order valence-electron chi connectivity index (χ3n) is 2.91. The monoisotopic (exact) mass is 275 g/mol. The van der Waals surface area contributed by atoms with E-state index in [9.17, 15) is 0 Å². The molecule has 0 amide bonds. The number of aryl methyl sites for hydroxylation is 1. The van der Waals surface area contributed by atoms with Crippen LogP contribution >= 0.6 is 0 Å². The first-order valence-corrected chi connectivity index (χ1v) is 6.86. The van der Waals surface area contributed by atoms with Gasteiger partial charge in [-0.05, 0) is 19.8 Å². The largest absolute Gasteiger partial charge is 0.370 e. The summed E-state index contributed by atoms with van der Waals surface area (Å²) in [5, 5.41) is 10.4. The lowest BCUT2D eigenvalue weighted by Crippen LogP contribution is -2.11. The van der Waals surface area contributed by atoms with E-state index in [0.29, 0.717) is 12.5 Å². The van der Waals surface area contributed by atoms with E-state index in [-0.39, 0.29) is 0 Å². The number of hydrogen-bond acceptors (Lipinski definition) is 6. The Morgan fingerprint density at radius 2 is 1.90 bits per heavy atom. The minimum absolute atomic E-state index is 0.323. The lowest BCUT2D eigenvalue weighted by molar-refractivity contribution is 0.384. The molecule has 2 heterocycles. The summed E-state index contributed by atoms with van der Waals surface area (Å²) in [4.78, 5) is 8.65. The van der Waals surface area contributed by atoms with Gasteiger partial charge in [-0.15, -0.1) is 0 Å². The Morgan fingerprint density at radius 1 is 1.20 bits per heavy atom. The van der Waals surface area contributed by atoms with Crippen molar-refractivity contribution in [3.8, 4) is 0 Å². The van der Waals surface area contributed by atoms with E-state index >= 15 is 0 Å². The molecule has 0 aliphatic heterocycles. The fourth-order valence-electron chi connectivity index (χ4n) is 2.06. The van der Waals surface area contributed by atoms with E-state index in [2.05, 4.69) is 46.5 Å². The van der Waals surface area contributed by atoms with Crippen LogP contribution in [0.2, 0.25) is 0 Å². The quantitative estimate of drug-likeness (QED) is 0.844. The van der Waals surface area contributed by atoms with Gasteiger partial charge in [-0.25, -0.2) is 9.97 Å². The minimum atomic E-state index is 0.323. The lowest BCUT2D eigenvalue weighted by Gasteiger charge is -2.16. The van der Waals surface area contributed by atoms with Gasteiger partial charge in [0.2, 0.25) is 0 Å². The Balaban J connectivity index is 2.19. The Kier molecular flexibility index (Phi) is 4.55. The van der Waals surface area contributed by atoms with Gasteiger partial charge in [-0.1, -0.05) is 19.0 Å². The summed E-state index contributed by atoms with van der Waals surface area (Å²) in [5.41, 5.74) is 1.97. The molecular formula is C14H21N5O. The summed E-state index contributed by atoms with van der Waals surface area (Å²) in [7, 11) is 0. The number of nitrogens with one attached hydrogen (secondary N) is 2. The molecule has 0 unspecified atom stereocenters. The van der Waals surface area contributed by atoms with Crippen LogP contribution in [-0.2, 0) is 6.54 Å². The summed E-state index contributed by atoms with van der Waals surface area (Å²) < 4.78 is 5.19. The average molecular weight is 275 g/mol. The fraction of sp³-hybridized carbons (Fsp3) is 0.500. The van der Waals surface area contributed by atoms with Crippen molar-refractivity contribution in [3.05, 3.63) is 29.4 Å². The van der Waals surface area contributed by atoms with E-state index in [4.69, 9.17) is 4.52 Å². The number of anilines is 2. The van der Waals surface area contributed by atoms with Gasteiger partial charge in [0.25, 0.3) is 0 Å². The highest BCUT2D eigenvalue weighted by Crippen LogP contribution is 2.28. The average Bonchev–Trinajstić information content (AvgIpc) is 2.82. The van der Waals surface area contributed by atoms with Crippen LogP contribution in [0.15, 0.2) is 16.9 Å². The third-order valence-corrected chi connectivity index (χ3v) is 2.91. The van der Waals surface area contributed by atoms with Crippen molar-refractivity contribution in [3.63, 3.8) is 0 Å². The zero-order valence-corrected chi connectivity index (χ0v) is 12.4. The highest BCUT2D eigenvalue weighted by molar-refractivity contribution is 5.58. The first-order valence-electron chi connectivity index (χ1n) is 6.86. The van der Waals surface area contributed by atoms with Crippen LogP contribution in [0.3, 0.4) is 0 Å². The summed E-state index contributed by atoms with van der Waals surface area (Å²) in [6.45, 7) is 9.60. The van der Waals surface area contributed by atoms with Crippen molar-refractivity contribution in [1.29, 1.82) is 0 Å². The predicted molar refractivity (Wildman–Crippen MR) is 78.9 cm³/mol. The molecule has 0 aromatic carbocycles. The Bertz CT molecular complexity index is 564. The summed E-state index contributed by atoms with van der Waals surface area (Å²) in [6.07, 6.45) is 1.57. The van der Waals surface area contributed by atoms with Crippen LogP contribution in [0.25, 0.3) is 0 Å². The molecule has 2 aromatic rings. The minimum Gasteiger partial charge on any atom is -0.370 e. The van der Waals surface area contributed by atoms with Crippen LogP contribution in [0.1, 0.15) is 43.7 Å². The SMILES string of the molecule is CCNc1ncnc(NCc2cc(C)no2)c1C(C)C. The maximum Gasteiger partial charge on any atom is 0.156 e. The number of aromatic nitrogens is 3. The van der Waals surface area contributed by atoms with Crippen LogP contribution < -0.4 is 10.6 Å². The van der Waals surface area contributed by atoms with Gasteiger partial charge < -0.3 is 15.2 Å². The third kappa shape index (κ3) is 3.26. The molecule has 108 valence electrons. The van der Waals surface area contributed by atoms with Gasteiger partial charge in [-0.3, -0.25) is 0 Å². The molecule has 6 nitrogen and oxygen atoms in total. The molecule has 0 spiro atoms. The van der Waals surface area contributed by atoms with E-state index in [1.54, 1.807) is 6.33 Å². The van der Waals surface area contributed by atoms with Gasteiger partial charge in [0.05, 0.1) is 12.2 Å². The fourth-order valence-corrected chi connectivity index (χ4v) is 2.06. The normalized spacial score (nSPS) is 10.8. The second-order valence-corrected chi connectivity index (χ2v) is 4.96. The van der Waals surface area contributed by atoms with Crippen molar-refractivity contribution in [2.75, 3.05) is 17.2 Å². The number of hydrogen-bond donors (Lipinski definition) is 2. The van der Waals surface area contributed by atoms with Crippen molar-refractivity contribution < 1.29 is 4.52 Å². The molecule has 6 heteroatoms. The lowest BCUT2D eigenvalue weighted by atomic mass is 10.0. The van der Waals surface area contributed by atoms with Gasteiger partial charge in [-0.2, -0.15) is 0 Å². The van der Waals surface area contributed by atoms with Gasteiger partial charge in [0.1, 0.15) is 18.0 Å². The zero-order valence-electron chi connectivity index (χ0n) is 12.4. The molecule has 0 fully saturated rings. The van der Waals surface area contributed by atoms with Crippen LogP contribution in [0.5, 0.6) is 0 Å². The summed E-state index contributed by atoms with van der Waals surface area (Å²) in [5.74, 6) is 2.83. The van der Waals surface area contributed by atoms with Crippen molar-refractivity contribution in [2.24, 2.45) is 0 Å². The van der Waals surface area contributed by atoms with E-state index in [1.807, 2.05) is 13.0 Å². The predicted octanol–water partition coefficient (Wildman–Crippen LogP) is 2.94. The molecule has 20 heavy (non-hydrogen) atoms. The van der Waals surface area contributed by atoms with Crippen molar-refractivity contribution in [2.45, 2.75) is 40.2 Å². The topological polar surface area (TPSA) is 75.9 Å². The Labute approximate surface area is 119 Å². The van der Waals surface area contributed by atoms with Crippen molar-refractivity contribution >= 4 is 11.6 Å². The molecule has 0 radical (unpaired) electrons. The molecule has 0 aliphatic rings. The number of rotatable bonds is 6. The second kappa shape index (κ2) is 6.36. The molecular weight excluding hydrogens is 254 g/mol. The summed E-state index contributed by atoms with van der Waals surface area (Å²) in [6, 6.07) is 1.91. The van der Waals surface area contributed by atoms with Crippen LogP contribution in [0, 0.1) is 6.92 Å². The molecule has 0 aliphatic carbocycles. The highest BCUT2D eigenvalue weighted by atomic mass is 16.5. The molecule has 2 N–H and O–H groups in total. The van der Waals surface area contributed by atoms with E-state index in [1.165, 1.54) is 0 Å². The highest BCUT2D eigenvalue weighted by Gasteiger charge is 2.14. The van der Waals surface area contributed by atoms with Gasteiger partial charge >= 0.3 is 0 Å². The molecule has 0 bridgehead atoms. The van der Waals surface area contributed by atoms with Gasteiger partial charge in [0, 0.05) is 18.2 Å². The molecule has 0 saturated heterocycles. The zero-order chi connectivity index (χ0) is 14.5. The maximum atomic E-state index is 5.19. The van der Waals surface area contributed by atoms with E-state index in [0.717, 1.165) is 35.2 Å². The maximum absolute atomic E-state index is 5.19. The first kappa shape index (κ1) is 14.3. The van der Waals surface area contributed by atoms with Crippen LogP contribution in [0.4, 0.5) is 11.6 Å². The number of nitrogens with zero attached hydrogens (tertiary/aromatic N) is 3. The Morgan fingerprint density at radius 3 is 2.45 bits per heavy atom. The smallest absolute Gasteiger partial charge is 0.156 e. The van der Waals surface area contributed by atoms with Gasteiger partial charge in [0.15, 0.2) is 5.76 Å².